The van der Waals surface area contributed by atoms with Gasteiger partial charge in [-0.2, -0.15) is 0 Å². The molecule has 0 spiro atoms. The summed E-state index contributed by atoms with van der Waals surface area (Å²) in [5.74, 6) is 0. The van der Waals surface area contributed by atoms with E-state index in [1.165, 1.54) is 16.4 Å². The van der Waals surface area contributed by atoms with Gasteiger partial charge in [0.2, 0.25) is 10.0 Å². The minimum absolute atomic E-state index is 0.0778. The van der Waals surface area contributed by atoms with Crippen molar-refractivity contribution in [1.82, 2.24) is 4.31 Å². The summed E-state index contributed by atoms with van der Waals surface area (Å²) in [6, 6.07) is 4.48. The molecule has 1 rings (SSSR count). The standard InChI is InChI=1S/C12H19ClN2O2S/c1-3-4-5-8-15(2)18(16,17)12-9-10(13)6-7-11(12)14/h6-7,9H,3-5,8,14H2,1-2H3. The second-order valence-corrected chi connectivity index (χ2v) is 6.67. The molecular weight excluding hydrogens is 272 g/mol. The van der Waals surface area contributed by atoms with Crippen LogP contribution in [0.2, 0.25) is 5.02 Å². The van der Waals surface area contributed by atoms with Crippen LogP contribution in [0.15, 0.2) is 23.1 Å². The number of hydrogen-bond acceptors (Lipinski definition) is 3. The van der Waals surface area contributed by atoms with Crippen molar-refractivity contribution >= 4 is 27.3 Å². The zero-order valence-electron chi connectivity index (χ0n) is 10.7. The second kappa shape index (κ2) is 6.41. The summed E-state index contributed by atoms with van der Waals surface area (Å²) in [6.07, 6.45) is 2.89. The summed E-state index contributed by atoms with van der Waals surface area (Å²) >= 11 is 5.82. The van der Waals surface area contributed by atoms with E-state index in [9.17, 15) is 8.42 Å². The molecule has 18 heavy (non-hydrogen) atoms. The van der Waals surface area contributed by atoms with E-state index in [4.69, 9.17) is 17.3 Å². The molecule has 2 N–H and O–H groups in total. The highest BCUT2D eigenvalue weighted by Gasteiger charge is 2.23. The minimum Gasteiger partial charge on any atom is -0.398 e. The Labute approximate surface area is 114 Å². The maximum atomic E-state index is 12.3. The Morgan fingerprint density at radius 3 is 2.61 bits per heavy atom. The van der Waals surface area contributed by atoms with Crippen LogP contribution in [0.4, 0.5) is 5.69 Å². The fourth-order valence-electron chi connectivity index (χ4n) is 1.60. The number of hydrogen-bond donors (Lipinski definition) is 1. The van der Waals surface area contributed by atoms with Crippen molar-refractivity contribution in [3.63, 3.8) is 0 Å². The molecule has 0 saturated heterocycles. The van der Waals surface area contributed by atoms with Crippen LogP contribution in [-0.2, 0) is 10.0 Å². The number of nitrogens with two attached hydrogens (primary N) is 1. The Morgan fingerprint density at radius 2 is 2.00 bits per heavy atom. The van der Waals surface area contributed by atoms with Crippen molar-refractivity contribution in [3.05, 3.63) is 23.2 Å². The molecule has 0 aliphatic rings. The third kappa shape index (κ3) is 3.60. The summed E-state index contributed by atoms with van der Waals surface area (Å²) in [4.78, 5) is 0.0778. The van der Waals surface area contributed by atoms with Gasteiger partial charge in [-0.15, -0.1) is 0 Å². The molecule has 0 amide bonds. The highest BCUT2D eigenvalue weighted by atomic mass is 35.5. The van der Waals surface area contributed by atoms with Gasteiger partial charge in [-0.1, -0.05) is 31.4 Å². The number of unbranched alkanes of at least 4 members (excludes halogenated alkanes) is 2. The summed E-state index contributed by atoms with van der Waals surface area (Å²) in [5, 5.41) is 0.365. The van der Waals surface area contributed by atoms with Gasteiger partial charge >= 0.3 is 0 Å². The largest absolute Gasteiger partial charge is 0.398 e. The lowest BCUT2D eigenvalue weighted by atomic mass is 10.2. The van der Waals surface area contributed by atoms with E-state index in [1.807, 2.05) is 0 Å². The van der Waals surface area contributed by atoms with E-state index >= 15 is 0 Å². The molecule has 1 aromatic carbocycles. The number of sulfonamides is 1. The van der Waals surface area contributed by atoms with Gasteiger partial charge in [0.05, 0.1) is 5.69 Å². The molecule has 102 valence electrons. The molecule has 0 aliphatic heterocycles. The number of benzene rings is 1. The van der Waals surface area contributed by atoms with E-state index in [1.54, 1.807) is 13.1 Å². The zero-order valence-corrected chi connectivity index (χ0v) is 12.3. The van der Waals surface area contributed by atoms with Gasteiger partial charge in [0.15, 0.2) is 0 Å². The highest BCUT2D eigenvalue weighted by Crippen LogP contribution is 2.25. The van der Waals surface area contributed by atoms with Crippen molar-refractivity contribution in [2.24, 2.45) is 0 Å². The summed E-state index contributed by atoms with van der Waals surface area (Å²) in [7, 11) is -1.99. The van der Waals surface area contributed by atoms with Gasteiger partial charge in [-0.3, -0.25) is 0 Å². The molecule has 0 saturated carbocycles. The average Bonchev–Trinajstić information content (AvgIpc) is 2.32. The van der Waals surface area contributed by atoms with Crippen molar-refractivity contribution in [2.75, 3.05) is 19.3 Å². The minimum atomic E-state index is -3.55. The number of halogens is 1. The molecule has 0 fully saturated rings. The van der Waals surface area contributed by atoms with Gasteiger partial charge < -0.3 is 5.73 Å². The third-order valence-electron chi connectivity index (χ3n) is 2.74. The number of nitrogens with zero attached hydrogens (tertiary/aromatic N) is 1. The van der Waals surface area contributed by atoms with Crippen LogP contribution in [0, 0.1) is 0 Å². The number of anilines is 1. The monoisotopic (exact) mass is 290 g/mol. The van der Waals surface area contributed by atoms with Crippen LogP contribution in [0.5, 0.6) is 0 Å². The molecule has 4 nitrogen and oxygen atoms in total. The molecule has 6 heteroatoms. The Kier molecular flexibility index (Phi) is 5.44. The topological polar surface area (TPSA) is 63.4 Å². The molecular formula is C12H19ClN2O2S. The first-order chi connectivity index (χ1) is 8.39. The first-order valence-corrected chi connectivity index (χ1v) is 7.72. The number of nitrogen functional groups attached to an aromatic ring is 1. The molecule has 0 bridgehead atoms. The van der Waals surface area contributed by atoms with Crippen molar-refractivity contribution in [1.29, 1.82) is 0 Å². The predicted octanol–water partition coefficient (Wildman–Crippen LogP) is 2.73. The molecule has 0 unspecified atom stereocenters. The molecule has 0 aromatic heterocycles. The smallest absolute Gasteiger partial charge is 0.244 e. The van der Waals surface area contributed by atoms with Gasteiger partial charge in [0.25, 0.3) is 0 Å². The van der Waals surface area contributed by atoms with E-state index < -0.39 is 10.0 Å². The van der Waals surface area contributed by atoms with Crippen molar-refractivity contribution in [3.8, 4) is 0 Å². The Balaban J connectivity index is 2.95. The molecule has 0 heterocycles. The van der Waals surface area contributed by atoms with Gasteiger partial charge in [0, 0.05) is 18.6 Å². The normalized spacial score (nSPS) is 12.0. The van der Waals surface area contributed by atoms with Gasteiger partial charge in [-0.05, 0) is 24.6 Å². The van der Waals surface area contributed by atoms with E-state index in [-0.39, 0.29) is 10.6 Å². The predicted molar refractivity (Wildman–Crippen MR) is 75.2 cm³/mol. The van der Waals surface area contributed by atoms with E-state index in [2.05, 4.69) is 6.92 Å². The van der Waals surface area contributed by atoms with E-state index in [0.29, 0.717) is 11.6 Å². The summed E-state index contributed by atoms with van der Waals surface area (Å²) in [5.41, 5.74) is 5.93. The van der Waals surface area contributed by atoms with Crippen LogP contribution >= 0.6 is 11.6 Å². The fraction of sp³-hybridized carbons (Fsp3) is 0.500. The summed E-state index contributed by atoms with van der Waals surface area (Å²) < 4.78 is 25.9. The first-order valence-electron chi connectivity index (χ1n) is 5.91. The number of rotatable bonds is 6. The zero-order chi connectivity index (χ0) is 13.8. The summed E-state index contributed by atoms with van der Waals surface area (Å²) in [6.45, 7) is 2.56. The van der Waals surface area contributed by atoms with E-state index in [0.717, 1.165) is 19.3 Å². The van der Waals surface area contributed by atoms with Crippen LogP contribution < -0.4 is 5.73 Å². The molecule has 0 atom stereocenters. The quantitative estimate of drug-likeness (QED) is 0.647. The lowest BCUT2D eigenvalue weighted by molar-refractivity contribution is 0.454. The van der Waals surface area contributed by atoms with Gasteiger partial charge in [-0.25, -0.2) is 12.7 Å². The SMILES string of the molecule is CCCCCN(C)S(=O)(=O)c1cc(Cl)ccc1N. The Bertz CT molecular complexity index is 503. The van der Waals surface area contributed by atoms with Gasteiger partial charge in [0.1, 0.15) is 4.90 Å². The van der Waals surface area contributed by atoms with Crippen LogP contribution in [-0.4, -0.2) is 26.3 Å². The van der Waals surface area contributed by atoms with Crippen LogP contribution in [0.1, 0.15) is 26.2 Å². The lowest BCUT2D eigenvalue weighted by Crippen LogP contribution is -2.28. The first kappa shape index (κ1) is 15.3. The molecule has 0 radical (unpaired) electrons. The Hall–Kier alpha value is -0.780. The molecule has 0 aliphatic carbocycles. The molecule has 1 aromatic rings. The highest BCUT2D eigenvalue weighted by molar-refractivity contribution is 7.89. The third-order valence-corrected chi connectivity index (χ3v) is 4.89. The van der Waals surface area contributed by atoms with Crippen molar-refractivity contribution in [2.45, 2.75) is 31.1 Å². The fourth-order valence-corrected chi connectivity index (χ4v) is 3.19. The Morgan fingerprint density at radius 1 is 1.33 bits per heavy atom. The van der Waals surface area contributed by atoms with Crippen molar-refractivity contribution < 1.29 is 8.42 Å². The maximum absolute atomic E-state index is 12.3. The second-order valence-electron chi connectivity index (χ2n) is 4.22. The maximum Gasteiger partial charge on any atom is 0.244 e. The van der Waals surface area contributed by atoms with Crippen LogP contribution in [0.25, 0.3) is 0 Å². The lowest BCUT2D eigenvalue weighted by Gasteiger charge is -2.18. The van der Waals surface area contributed by atoms with Crippen LogP contribution in [0.3, 0.4) is 0 Å². The average molecular weight is 291 g/mol.